The smallest absolute Gasteiger partial charge is 0.0931 e. The van der Waals surface area contributed by atoms with Crippen LogP contribution >= 0.6 is 11.8 Å². The van der Waals surface area contributed by atoms with Gasteiger partial charge in [0.1, 0.15) is 0 Å². The highest BCUT2D eigenvalue weighted by Gasteiger charge is 2.03. The summed E-state index contributed by atoms with van der Waals surface area (Å²) in [6, 6.07) is 12.3. The van der Waals surface area contributed by atoms with Crippen molar-refractivity contribution < 1.29 is 5.11 Å². The molecule has 0 saturated carbocycles. The van der Waals surface area contributed by atoms with Gasteiger partial charge in [0.2, 0.25) is 0 Å². The summed E-state index contributed by atoms with van der Waals surface area (Å²) in [5.74, 6) is 0.947. The molecule has 1 atom stereocenters. The van der Waals surface area contributed by atoms with E-state index in [0.717, 1.165) is 16.3 Å². The summed E-state index contributed by atoms with van der Waals surface area (Å²) in [7, 11) is 0. The lowest BCUT2D eigenvalue weighted by Crippen LogP contribution is -1.94. The van der Waals surface area contributed by atoms with Crippen molar-refractivity contribution in [2.75, 3.05) is 0 Å². The van der Waals surface area contributed by atoms with Gasteiger partial charge in [-0.2, -0.15) is 0 Å². The third-order valence-electron chi connectivity index (χ3n) is 2.84. The van der Waals surface area contributed by atoms with Gasteiger partial charge < -0.3 is 5.11 Å². The van der Waals surface area contributed by atoms with Gasteiger partial charge in [-0.3, -0.25) is 4.98 Å². The number of thioether (sulfide) groups is 1. The largest absolute Gasteiger partial charge is 0.387 e. The zero-order valence-corrected chi connectivity index (χ0v) is 11.4. The standard InChI is InChI=1S/C15H17NOS/c1-11-5-3-4-6-13(11)10-18-14-7-8-15(12(2)17)16-9-14/h3-9,12,17H,10H2,1-2H3/t12-/m0/s1. The van der Waals surface area contributed by atoms with Crippen LogP contribution in [0.1, 0.15) is 29.8 Å². The van der Waals surface area contributed by atoms with Crippen LogP contribution in [0.4, 0.5) is 0 Å². The first kappa shape index (κ1) is 13.1. The van der Waals surface area contributed by atoms with Gasteiger partial charge in [-0.15, -0.1) is 11.8 Å². The van der Waals surface area contributed by atoms with E-state index in [-0.39, 0.29) is 0 Å². The third kappa shape index (κ3) is 3.34. The molecular weight excluding hydrogens is 242 g/mol. The predicted molar refractivity (Wildman–Crippen MR) is 75.6 cm³/mol. The van der Waals surface area contributed by atoms with Crippen LogP contribution in [0.3, 0.4) is 0 Å². The van der Waals surface area contributed by atoms with Crippen molar-refractivity contribution in [3.8, 4) is 0 Å². The Morgan fingerprint density at radius 1 is 1.22 bits per heavy atom. The first-order chi connectivity index (χ1) is 8.66. The number of aromatic nitrogens is 1. The molecule has 2 nitrogen and oxygen atoms in total. The second-order valence-corrected chi connectivity index (χ2v) is 5.36. The Bertz CT molecular complexity index is 508. The number of aliphatic hydroxyl groups is 1. The van der Waals surface area contributed by atoms with Gasteiger partial charge in [-0.1, -0.05) is 24.3 Å². The maximum absolute atomic E-state index is 9.39. The van der Waals surface area contributed by atoms with Crippen molar-refractivity contribution in [2.45, 2.75) is 30.6 Å². The maximum Gasteiger partial charge on any atom is 0.0931 e. The lowest BCUT2D eigenvalue weighted by atomic mass is 10.1. The monoisotopic (exact) mass is 259 g/mol. The number of aryl methyl sites for hydroxylation is 1. The molecule has 94 valence electrons. The number of nitrogens with zero attached hydrogens (tertiary/aromatic N) is 1. The fraction of sp³-hybridized carbons (Fsp3) is 0.267. The first-order valence-electron chi connectivity index (χ1n) is 5.98. The van der Waals surface area contributed by atoms with Crippen LogP contribution in [0.15, 0.2) is 47.5 Å². The van der Waals surface area contributed by atoms with E-state index in [1.807, 2.05) is 18.3 Å². The van der Waals surface area contributed by atoms with E-state index in [4.69, 9.17) is 0 Å². The predicted octanol–water partition coefficient (Wildman–Crippen LogP) is 3.74. The Hall–Kier alpha value is -1.32. The number of rotatable bonds is 4. The van der Waals surface area contributed by atoms with Crippen molar-refractivity contribution in [1.29, 1.82) is 0 Å². The summed E-state index contributed by atoms with van der Waals surface area (Å²) in [5.41, 5.74) is 3.39. The summed E-state index contributed by atoms with van der Waals surface area (Å²) in [6.07, 6.45) is 1.32. The topological polar surface area (TPSA) is 33.1 Å². The number of aliphatic hydroxyl groups excluding tert-OH is 1. The zero-order valence-electron chi connectivity index (χ0n) is 10.6. The molecule has 2 aromatic rings. The first-order valence-corrected chi connectivity index (χ1v) is 6.96. The lowest BCUT2D eigenvalue weighted by Gasteiger charge is -2.07. The Balaban J connectivity index is 2.00. The second-order valence-electron chi connectivity index (χ2n) is 4.31. The molecule has 0 amide bonds. The molecule has 0 aliphatic heterocycles. The van der Waals surface area contributed by atoms with Crippen LogP contribution in [0.5, 0.6) is 0 Å². The molecule has 0 bridgehead atoms. The zero-order chi connectivity index (χ0) is 13.0. The number of pyridine rings is 1. The van der Waals surface area contributed by atoms with Crippen LogP contribution < -0.4 is 0 Å². The summed E-state index contributed by atoms with van der Waals surface area (Å²) >= 11 is 1.76. The average Bonchev–Trinajstić information content (AvgIpc) is 2.38. The number of benzene rings is 1. The quantitative estimate of drug-likeness (QED) is 0.849. The van der Waals surface area contributed by atoms with E-state index < -0.39 is 6.10 Å². The highest BCUT2D eigenvalue weighted by molar-refractivity contribution is 7.98. The molecule has 0 saturated heterocycles. The van der Waals surface area contributed by atoms with Crippen molar-refractivity contribution in [3.05, 3.63) is 59.4 Å². The van der Waals surface area contributed by atoms with Crippen LogP contribution in [-0.4, -0.2) is 10.1 Å². The molecule has 2 rings (SSSR count). The van der Waals surface area contributed by atoms with Crippen molar-refractivity contribution in [2.24, 2.45) is 0 Å². The fourth-order valence-corrected chi connectivity index (χ4v) is 2.59. The summed E-state index contributed by atoms with van der Waals surface area (Å²) in [5, 5.41) is 9.39. The molecule has 0 aliphatic carbocycles. The van der Waals surface area contributed by atoms with E-state index in [9.17, 15) is 5.11 Å². The Morgan fingerprint density at radius 2 is 2.00 bits per heavy atom. The van der Waals surface area contributed by atoms with Crippen LogP contribution in [0, 0.1) is 6.92 Å². The van der Waals surface area contributed by atoms with E-state index in [2.05, 4.69) is 36.2 Å². The van der Waals surface area contributed by atoms with Crippen molar-refractivity contribution in [1.82, 2.24) is 4.98 Å². The van der Waals surface area contributed by atoms with Crippen molar-refractivity contribution >= 4 is 11.8 Å². The fourth-order valence-electron chi connectivity index (χ4n) is 1.66. The number of hydrogen-bond donors (Lipinski definition) is 1. The summed E-state index contributed by atoms with van der Waals surface area (Å²) < 4.78 is 0. The van der Waals surface area contributed by atoms with Gasteiger partial charge >= 0.3 is 0 Å². The normalized spacial score (nSPS) is 12.4. The molecule has 1 N–H and O–H groups in total. The molecule has 1 aromatic heterocycles. The van der Waals surface area contributed by atoms with Crippen LogP contribution in [0.25, 0.3) is 0 Å². The molecule has 0 aliphatic rings. The molecule has 0 spiro atoms. The maximum atomic E-state index is 9.39. The van der Waals surface area contributed by atoms with E-state index >= 15 is 0 Å². The minimum atomic E-state index is -0.500. The molecule has 0 radical (unpaired) electrons. The third-order valence-corrected chi connectivity index (χ3v) is 3.87. The summed E-state index contributed by atoms with van der Waals surface area (Å²) in [6.45, 7) is 3.85. The molecule has 3 heteroatoms. The molecule has 0 fully saturated rings. The van der Waals surface area contributed by atoms with Gasteiger partial charge in [-0.05, 0) is 37.1 Å². The highest BCUT2D eigenvalue weighted by Crippen LogP contribution is 2.24. The van der Waals surface area contributed by atoms with Crippen LogP contribution in [0.2, 0.25) is 0 Å². The molecule has 18 heavy (non-hydrogen) atoms. The lowest BCUT2D eigenvalue weighted by molar-refractivity contribution is 0.194. The highest BCUT2D eigenvalue weighted by atomic mass is 32.2. The SMILES string of the molecule is Cc1ccccc1CSc1ccc([C@H](C)O)nc1. The van der Waals surface area contributed by atoms with Gasteiger partial charge in [0.15, 0.2) is 0 Å². The van der Waals surface area contributed by atoms with Gasteiger partial charge in [-0.25, -0.2) is 0 Å². The average molecular weight is 259 g/mol. The number of hydrogen-bond acceptors (Lipinski definition) is 3. The van der Waals surface area contributed by atoms with E-state index in [1.54, 1.807) is 18.7 Å². The molecule has 1 heterocycles. The molecule has 1 aromatic carbocycles. The minimum absolute atomic E-state index is 0.500. The summed E-state index contributed by atoms with van der Waals surface area (Å²) in [4.78, 5) is 5.37. The Labute approximate surface area is 112 Å². The second kappa shape index (κ2) is 6.03. The van der Waals surface area contributed by atoms with Gasteiger partial charge in [0.05, 0.1) is 11.8 Å². The van der Waals surface area contributed by atoms with E-state index in [0.29, 0.717) is 0 Å². The molecule has 0 unspecified atom stereocenters. The molecular formula is C15H17NOS. The van der Waals surface area contributed by atoms with Crippen LogP contribution in [-0.2, 0) is 5.75 Å². The van der Waals surface area contributed by atoms with E-state index in [1.165, 1.54) is 11.1 Å². The van der Waals surface area contributed by atoms with Crippen molar-refractivity contribution in [3.63, 3.8) is 0 Å². The van der Waals surface area contributed by atoms with Gasteiger partial charge in [0, 0.05) is 16.8 Å². The minimum Gasteiger partial charge on any atom is -0.387 e. The Morgan fingerprint density at radius 3 is 2.61 bits per heavy atom. The Kier molecular flexibility index (Phi) is 4.39. The van der Waals surface area contributed by atoms with Gasteiger partial charge in [0.25, 0.3) is 0 Å².